The number of carbonyl (C=O) groups is 1. The zero-order valence-corrected chi connectivity index (χ0v) is 11.9. The average molecular weight is 278 g/mol. The van der Waals surface area contributed by atoms with E-state index in [1.165, 1.54) is 0 Å². The maximum absolute atomic E-state index is 11.8. The molecule has 1 aromatic rings. The van der Waals surface area contributed by atoms with Gasteiger partial charge in [0.25, 0.3) is 0 Å². The molecule has 1 amide bonds. The van der Waals surface area contributed by atoms with E-state index in [2.05, 4.69) is 10.6 Å². The fourth-order valence-corrected chi connectivity index (χ4v) is 2.15. The van der Waals surface area contributed by atoms with E-state index in [0.29, 0.717) is 6.61 Å². The van der Waals surface area contributed by atoms with Crippen LogP contribution in [0.2, 0.25) is 0 Å². The van der Waals surface area contributed by atoms with E-state index in [4.69, 9.17) is 9.47 Å². The van der Waals surface area contributed by atoms with Crippen LogP contribution in [0.3, 0.4) is 0 Å². The van der Waals surface area contributed by atoms with Crippen LogP contribution in [-0.4, -0.2) is 38.3 Å². The first-order valence-corrected chi connectivity index (χ1v) is 7.13. The lowest BCUT2D eigenvalue weighted by atomic mass is 10.1. The largest absolute Gasteiger partial charge is 0.494 e. The number of anilines is 1. The first-order chi connectivity index (χ1) is 9.78. The van der Waals surface area contributed by atoms with Crippen molar-refractivity contribution < 1.29 is 14.3 Å². The molecule has 1 heterocycles. The summed E-state index contributed by atoms with van der Waals surface area (Å²) in [6, 6.07) is 7.33. The van der Waals surface area contributed by atoms with Gasteiger partial charge < -0.3 is 20.1 Å². The summed E-state index contributed by atoms with van der Waals surface area (Å²) in [7, 11) is 0. The summed E-state index contributed by atoms with van der Waals surface area (Å²) in [5.74, 6) is 0.684. The lowest BCUT2D eigenvalue weighted by molar-refractivity contribution is -0.123. The number of nitrogens with one attached hydrogen (secondary N) is 2. The molecule has 0 bridgehead atoms. The minimum absolute atomic E-state index is 0.109. The van der Waals surface area contributed by atoms with Gasteiger partial charge in [-0.3, -0.25) is 4.79 Å². The van der Waals surface area contributed by atoms with Crippen LogP contribution in [0, 0.1) is 0 Å². The normalized spacial score (nSPS) is 15.8. The fraction of sp³-hybridized carbons (Fsp3) is 0.533. The molecular formula is C15H22N2O3. The Kier molecular flexibility index (Phi) is 5.83. The third-order valence-electron chi connectivity index (χ3n) is 3.19. The Balaban J connectivity index is 1.73. The monoisotopic (exact) mass is 278 g/mol. The van der Waals surface area contributed by atoms with Crippen LogP contribution >= 0.6 is 0 Å². The van der Waals surface area contributed by atoms with Gasteiger partial charge in [-0.15, -0.1) is 0 Å². The zero-order valence-electron chi connectivity index (χ0n) is 11.9. The summed E-state index contributed by atoms with van der Waals surface area (Å²) in [6.07, 6.45) is 2.13. The average Bonchev–Trinajstić information content (AvgIpc) is 2.49. The Morgan fingerprint density at radius 1 is 1.30 bits per heavy atom. The molecule has 1 aromatic carbocycles. The lowest BCUT2D eigenvalue weighted by Gasteiger charge is -2.22. The van der Waals surface area contributed by atoms with Crippen LogP contribution in [0.1, 0.15) is 19.8 Å². The van der Waals surface area contributed by atoms with Gasteiger partial charge in [0.1, 0.15) is 12.4 Å². The predicted octanol–water partition coefficient (Wildman–Crippen LogP) is 1.79. The standard InChI is InChI=1S/C15H22N2O3/c1-2-19-13-5-3-12(4-6-13)17-15(18)11-20-14-7-9-16-10-8-14/h3-6,14,16H,2,7-11H2,1H3,(H,17,18). The van der Waals surface area contributed by atoms with Crippen molar-refractivity contribution in [3.63, 3.8) is 0 Å². The van der Waals surface area contributed by atoms with Crippen molar-refractivity contribution in [1.82, 2.24) is 5.32 Å². The van der Waals surface area contributed by atoms with E-state index in [1.54, 1.807) is 0 Å². The molecule has 110 valence electrons. The summed E-state index contributed by atoms with van der Waals surface area (Å²) < 4.78 is 11.0. The van der Waals surface area contributed by atoms with Crippen LogP contribution in [0.15, 0.2) is 24.3 Å². The smallest absolute Gasteiger partial charge is 0.250 e. The summed E-state index contributed by atoms with van der Waals surface area (Å²) in [6.45, 7) is 4.61. The van der Waals surface area contributed by atoms with Gasteiger partial charge in [-0.25, -0.2) is 0 Å². The molecule has 1 aliphatic rings. The van der Waals surface area contributed by atoms with E-state index in [1.807, 2.05) is 31.2 Å². The Hall–Kier alpha value is -1.59. The first-order valence-electron chi connectivity index (χ1n) is 7.13. The number of ether oxygens (including phenoxy) is 2. The van der Waals surface area contributed by atoms with Crippen LogP contribution in [-0.2, 0) is 9.53 Å². The van der Waals surface area contributed by atoms with Crippen molar-refractivity contribution in [2.75, 3.05) is 31.6 Å². The van der Waals surface area contributed by atoms with Gasteiger partial charge in [-0.1, -0.05) is 0 Å². The number of hydrogen-bond acceptors (Lipinski definition) is 4. The van der Waals surface area contributed by atoms with Crippen LogP contribution in [0.4, 0.5) is 5.69 Å². The van der Waals surface area contributed by atoms with Crippen molar-refractivity contribution in [1.29, 1.82) is 0 Å². The van der Waals surface area contributed by atoms with E-state index in [-0.39, 0.29) is 18.6 Å². The molecule has 5 nitrogen and oxygen atoms in total. The molecule has 1 aliphatic heterocycles. The molecule has 2 rings (SSSR count). The van der Waals surface area contributed by atoms with Gasteiger partial charge >= 0.3 is 0 Å². The maximum Gasteiger partial charge on any atom is 0.250 e. The third-order valence-corrected chi connectivity index (χ3v) is 3.19. The van der Waals surface area contributed by atoms with Gasteiger partial charge in [0, 0.05) is 5.69 Å². The second-order valence-corrected chi connectivity index (χ2v) is 4.77. The summed E-state index contributed by atoms with van der Waals surface area (Å²) in [5, 5.41) is 6.08. The highest BCUT2D eigenvalue weighted by atomic mass is 16.5. The number of benzene rings is 1. The van der Waals surface area contributed by atoms with Gasteiger partial charge in [-0.05, 0) is 57.1 Å². The molecule has 0 aliphatic carbocycles. The lowest BCUT2D eigenvalue weighted by Crippen LogP contribution is -2.34. The zero-order chi connectivity index (χ0) is 14.2. The minimum Gasteiger partial charge on any atom is -0.494 e. The molecule has 1 saturated heterocycles. The van der Waals surface area contributed by atoms with E-state index in [0.717, 1.165) is 37.4 Å². The van der Waals surface area contributed by atoms with Crippen molar-refractivity contribution in [2.24, 2.45) is 0 Å². The maximum atomic E-state index is 11.8. The summed E-state index contributed by atoms with van der Waals surface area (Å²) in [4.78, 5) is 11.8. The Morgan fingerprint density at radius 3 is 2.65 bits per heavy atom. The highest BCUT2D eigenvalue weighted by Gasteiger charge is 2.14. The number of carbonyl (C=O) groups excluding carboxylic acids is 1. The fourth-order valence-electron chi connectivity index (χ4n) is 2.15. The topological polar surface area (TPSA) is 59.6 Å². The van der Waals surface area contributed by atoms with Crippen molar-refractivity contribution >= 4 is 11.6 Å². The molecular weight excluding hydrogens is 256 g/mol. The molecule has 5 heteroatoms. The van der Waals surface area contributed by atoms with E-state index >= 15 is 0 Å². The summed E-state index contributed by atoms with van der Waals surface area (Å²) in [5.41, 5.74) is 0.757. The van der Waals surface area contributed by atoms with Gasteiger partial charge in [0.2, 0.25) is 5.91 Å². The molecule has 0 spiro atoms. The SMILES string of the molecule is CCOc1ccc(NC(=O)COC2CCNCC2)cc1. The summed E-state index contributed by atoms with van der Waals surface area (Å²) >= 11 is 0. The Labute approximate surface area is 119 Å². The molecule has 20 heavy (non-hydrogen) atoms. The second kappa shape index (κ2) is 7.87. The van der Waals surface area contributed by atoms with Gasteiger partial charge in [-0.2, -0.15) is 0 Å². The third kappa shape index (κ3) is 4.83. The molecule has 0 atom stereocenters. The Morgan fingerprint density at radius 2 is 2.00 bits per heavy atom. The molecule has 1 fully saturated rings. The Bertz CT molecular complexity index is 414. The van der Waals surface area contributed by atoms with Gasteiger partial charge in [0.15, 0.2) is 0 Å². The quantitative estimate of drug-likeness (QED) is 0.833. The van der Waals surface area contributed by atoms with Crippen molar-refractivity contribution in [2.45, 2.75) is 25.9 Å². The molecule has 0 aromatic heterocycles. The number of piperidine rings is 1. The van der Waals surface area contributed by atoms with Crippen LogP contribution < -0.4 is 15.4 Å². The first kappa shape index (κ1) is 14.8. The number of rotatable bonds is 6. The molecule has 0 saturated carbocycles. The van der Waals surface area contributed by atoms with E-state index < -0.39 is 0 Å². The van der Waals surface area contributed by atoms with Crippen LogP contribution in [0.25, 0.3) is 0 Å². The molecule has 0 unspecified atom stereocenters. The molecule has 2 N–H and O–H groups in total. The van der Waals surface area contributed by atoms with Crippen molar-refractivity contribution in [3.05, 3.63) is 24.3 Å². The van der Waals surface area contributed by atoms with Crippen molar-refractivity contribution in [3.8, 4) is 5.75 Å². The molecule has 0 radical (unpaired) electrons. The highest BCUT2D eigenvalue weighted by molar-refractivity contribution is 5.91. The minimum atomic E-state index is -0.118. The second-order valence-electron chi connectivity index (χ2n) is 4.77. The van der Waals surface area contributed by atoms with Crippen LogP contribution in [0.5, 0.6) is 5.75 Å². The van der Waals surface area contributed by atoms with E-state index in [9.17, 15) is 4.79 Å². The highest BCUT2D eigenvalue weighted by Crippen LogP contribution is 2.15. The van der Waals surface area contributed by atoms with Gasteiger partial charge in [0.05, 0.1) is 12.7 Å². The number of amides is 1. The predicted molar refractivity (Wildman–Crippen MR) is 78.1 cm³/mol. The number of hydrogen-bond donors (Lipinski definition) is 2.